The number of hydrogen-bond donors (Lipinski definition) is 1. The van der Waals surface area contributed by atoms with E-state index in [1.165, 1.54) is 0 Å². The maximum Gasteiger partial charge on any atom is 0.303 e. The van der Waals surface area contributed by atoms with Crippen LogP contribution in [0, 0.1) is 22.7 Å². The number of aryl methyl sites for hydroxylation is 1. The van der Waals surface area contributed by atoms with Crippen LogP contribution in [-0.4, -0.2) is 11.1 Å². The van der Waals surface area contributed by atoms with E-state index in [0.717, 1.165) is 48.7 Å². The van der Waals surface area contributed by atoms with Crippen LogP contribution in [0.2, 0.25) is 0 Å². The standard InChI is InChI=1S/C26H16N2O2/c27-13-21-16(7-4-12-23(29)30)17-9-3-10-19-18-8-1-5-15-6-2-11-20(24(15)18)26(25(17)19)22(21)14-28/h1-3,5-6,8-11H,4,7,12H2,(H,29,30). The van der Waals surface area contributed by atoms with E-state index in [1.54, 1.807) is 0 Å². The van der Waals surface area contributed by atoms with Crippen molar-refractivity contribution in [1.29, 1.82) is 10.5 Å². The molecule has 0 aliphatic carbocycles. The van der Waals surface area contributed by atoms with Crippen LogP contribution < -0.4 is 0 Å². The molecule has 0 unspecified atom stereocenters. The smallest absolute Gasteiger partial charge is 0.303 e. The van der Waals surface area contributed by atoms with E-state index in [0.29, 0.717) is 24.0 Å². The molecule has 5 aromatic carbocycles. The molecule has 0 aliphatic rings. The summed E-state index contributed by atoms with van der Waals surface area (Å²) in [5.74, 6) is -0.864. The molecule has 0 spiro atoms. The van der Waals surface area contributed by atoms with Gasteiger partial charge in [0.1, 0.15) is 12.1 Å². The minimum absolute atomic E-state index is 0.0256. The highest BCUT2D eigenvalue weighted by Crippen LogP contribution is 2.44. The summed E-state index contributed by atoms with van der Waals surface area (Å²) < 4.78 is 0. The molecule has 0 saturated carbocycles. The van der Waals surface area contributed by atoms with Gasteiger partial charge in [0.25, 0.3) is 0 Å². The third-order valence-electron chi connectivity index (χ3n) is 5.95. The lowest BCUT2D eigenvalue weighted by molar-refractivity contribution is -0.137. The van der Waals surface area contributed by atoms with E-state index in [9.17, 15) is 15.3 Å². The van der Waals surface area contributed by atoms with Gasteiger partial charge in [-0.3, -0.25) is 4.79 Å². The second kappa shape index (κ2) is 6.72. The van der Waals surface area contributed by atoms with Crippen molar-refractivity contribution in [3.8, 4) is 12.1 Å². The number of rotatable bonds is 4. The van der Waals surface area contributed by atoms with Gasteiger partial charge in [-0.15, -0.1) is 0 Å². The second-order valence-corrected chi connectivity index (χ2v) is 7.51. The van der Waals surface area contributed by atoms with Crippen molar-refractivity contribution in [2.75, 3.05) is 0 Å². The highest BCUT2D eigenvalue weighted by Gasteiger charge is 2.22. The minimum Gasteiger partial charge on any atom is -0.481 e. The molecule has 1 N–H and O–H groups in total. The van der Waals surface area contributed by atoms with E-state index in [1.807, 2.05) is 30.3 Å². The Balaban J connectivity index is 2.02. The Hall–Kier alpha value is -4.15. The fraction of sp³-hybridized carbons (Fsp3) is 0.115. The predicted molar refractivity (Wildman–Crippen MR) is 118 cm³/mol. The van der Waals surface area contributed by atoms with Crippen LogP contribution in [0.3, 0.4) is 0 Å². The van der Waals surface area contributed by atoms with Gasteiger partial charge in [-0.1, -0.05) is 54.6 Å². The molecule has 30 heavy (non-hydrogen) atoms. The van der Waals surface area contributed by atoms with Gasteiger partial charge in [0.05, 0.1) is 11.1 Å². The number of carboxylic acids is 1. The first-order chi connectivity index (χ1) is 14.7. The van der Waals surface area contributed by atoms with E-state index in [4.69, 9.17) is 5.11 Å². The molecule has 5 aromatic rings. The Labute approximate surface area is 172 Å². The summed E-state index contributed by atoms with van der Waals surface area (Å²) in [6.07, 6.45) is 0.882. The molecule has 0 aliphatic heterocycles. The first kappa shape index (κ1) is 17.9. The Morgan fingerprint density at radius 2 is 1.37 bits per heavy atom. The summed E-state index contributed by atoms with van der Waals surface area (Å²) >= 11 is 0. The lowest BCUT2D eigenvalue weighted by Gasteiger charge is -2.19. The highest BCUT2D eigenvalue weighted by atomic mass is 16.4. The summed E-state index contributed by atoms with van der Waals surface area (Å²) in [5, 5.41) is 37.1. The molecule has 142 valence electrons. The molecule has 0 radical (unpaired) electrons. The summed E-state index contributed by atoms with van der Waals surface area (Å²) in [7, 11) is 0. The maximum absolute atomic E-state index is 11.0. The van der Waals surface area contributed by atoms with Crippen LogP contribution in [0.25, 0.3) is 43.1 Å². The molecular weight excluding hydrogens is 372 g/mol. The third-order valence-corrected chi connectivity index (χ3v) is 5.95. The molecule has 0 heterocycles. The Morgan fingerprint density at radius 1 is 0.767 bits per heavy atom. The zero-order valence-electron chi connectivity index (χ0n) is 16.1. The van der Waals surface area contributed by atoms with Crippen LogP contribution in [-0.2, 0) is 11.2 Å². The Kier molecular flexibility index (Phi) is 4.02. The third kappa shape index (κ3) is 2.41. The van der Waals surface area contributed by atoms with Gasteiger partial charge in [-0.05, 0) is 56.1 Å². The van der Waals surface area contributed by atoms with Gasteiger partial charge in [-0.2, -0.15) is 10.5 Å². The number of aliphatic carboxylic acids is 1. The van der Waals surface area contributed by atoms with Gasteiger partial charge in [0.2, 0.25) is 0 Å². The Morgan fingerprint density at radius 3 is 2.03 bits per heavy atom. The lowest BCUT2D eigenvalue weighted by atomic mass is 9.83. The molecule has 0 amide bonds. The van der Waals surface area contributed by atoms with Crippen molar-refractivity contribution in [1.82, 2.24) is 0 Å². The summed E-state index contributed by atoms with van der Waals surface area (Å²) in [5.41, 5.74) is 1.51. The largest absolute Gasteiger partial charge is 0.481 e. The lowest BCUT2D eigenvalue weighted by Crippen LogP contribution is -2.02. The highest BCUT2D eigenvalue weighted by molar-refractivity contribution is 6.34. The summed E-state index contributed by atoms with van der Waals surface area (Å²) in [6, 6.07) is 22.8. The quantitative estimate of drug-likeness (QED) is 0.307. The maximum atomic E-state index is 11.0. The molecule has 5 rings (SSSR count). The number of fused-ring (bicyclic) bond motifs is 2. The molecule has 0 aromatic heterocycles. The molecule has 0 fully saturated rings. The van der Waals surface area contributed by atoms with Crippen molar-refractivity contribution >= 4 is 49.1 Å². The van der Waals surface area contributed by atoms with Crippen LogP contribution in [0.1, 0.15) is 29.5 Å². The second-order valence-electron chi connectivity index (χ2n) is 7.51. The van der Waals surface area contributed by atoms with Gasteiger partial charge in [0.15, 0.2) is 0 Å². The topological polar surface area (TPSA) is 84.9 Å². The normalized spacial score (nSPS) is 11.3. The zero-order valence-corrected chi connectivity index (χ0v) is 16.1. The van der Waals surface area contributed by atoms with Crippen LogP contribution in [0.15, 0.2) is 54.6 Å². The fourth-order valence-electron chi connectivity index (χ4n) is 4.79. The number of benzene rings is 5. The van der Waals surface area contributed by atoms with Crippen LogP contribution in [0.4, 0.5) is 0 Å². The number of nitriles is 2. The van der Waals surface area contributed by atoms with Crippen molar-refractivity contribution in [2.24, 2.45) is 0 Å². The average molecular weight is 388 g/mol. The van der Waals surface area contributed by atoms with Crippen molar-refractivity contribution in [3.63, 3.8) is 0 Å². The zero-order chi connectivity index (χ0) is 20.8. The van der Waals surface area contributed by atoms with E-state index >= 15 is 0 Å². The summed E-state index contributed by atoms with van der Waals surface area (Å²) in [4.78, 5) is 11.0. The van der Waals surface area contributed by atoms with Crippen molar-refractivity contribution in [3.05, 3.63) is 71.3 Å². The predicted octanol–water partition coefficient (Wildman–Crippen LogP) is 5.89. The SMILES string of the molecule is N#Cc1c(CCCC(=O)O)c2cccc3c4cccc5cccc(c(c1C#N)c23)c54. The molecule has 4 nitrogen and oxygen atoms in total. The Bertz CT molecular complexity index is 1560. The van der Waals surface area contributed by atoms with Crippen molar-refractivity contribution < 1.29 is 9.90 Å². The molecule has 4 heteroatoms. The number of nitrogens with zero attached hydrogens (tertiary/aromatic N) is 2. The average Bonchev–Trinajstić information content (AvgIpc) is 2.76. The van der Waals surface area contributed by atoms with Gasteiger partial charge in [-0.25, -0.2) is 0 Å². The molecular formula is C26H16N2O2. The number of carbonyl (C=O) groups is 1. The monoisotopic (exact) mass is 388 g/mol. The van der Waals surface area contributed by atoms with Gasteiger partial charge in [0, 0.05) is 11.8 Å². The molecule has 0 saturated heterocycles. The van der Waals surface area contributed by atoms with Crippen LogP contribution >= 0.6 is 0 Å². The van der Waals surface area contributed by atoms with Gasteiger partial charge < -0.3 is 5.11 Å². The molecule has 0 bridgehead atoms. The number of hydrogen-bond acceptors (Lipinski definition) is 3. The van der Waals surface area contributed by atoms with E-state index < -0.39 is 5.97 Å². The minimum atomic E-state index is -0.864. The van der Waals surface area contributed by atoms with Gasteiger partial charge >= 0.3 is 5.97 Å². The van der Waals surface area contributed by atoms with E-state index in [-0.39, 0.29) is 6.42 Å². The first-order valence-electron chi connectivity index (χ1n) is 9.81. The summed E-state index contributed by atoms with van der Waals surface area (Å²) in [6.45, 7) is 0. The van der Waals surface area contributed by atoms with E-state index in [2.05, 4.69) is 36.4 Å². The van der Waals surface area contributed by atoms with Crippen molar-refractivity contribution in [2.45, 2.75) is 19.3 Å². The molecule has 0 atom stereocenters. The number of carboxylic acid groups (broad SMARTS) is 1. The first-order valence-corrected chi connectivity index (χ1v) is 9.81. The van der Waals surface area contributed by atoms with Crippen LogP contribution in [0.5, 0.6) is 0 Å². The fourth-order valence-corrected chi connectivity index (χ4v) is 4.79.